The van der Waals surface area contributed by atoms with Gasteiger partial charge in [-0.3, -0.25) is 4.79 Å². The van der Waals surface area contributed by atoms with Crippen LogP contribution in [0.5, 0.6) is 0 Å². The summed E-state index contributed by atoms with van der Waals surface area (Å²) in [4.78, 5) is 12.3. The van der Waals surface area contributed by atoms with Crippen molar-refractivity contribution in [2.24, 2.45) is 5.92 Å². The molecule has 22 heavy (non-hydrogen) atoms. The fourth-order valence-electron chi connectivity index (χ4n) is 2.63. The minimum Gasteiger partial charge on any atom is -0.311 e. The molecule has 0 fully saturated rings. The van der Waals surface area contributed by atoms with Crippen LogP contribution < -0.4 is 5.32 Å². The van der Waals surface area contributed by atoms with Gasteiger partial charge in [-0.05, 0) is 37.0 Å². The van der Waals surface area contributed by atoms with E-state index in [1.54, 1.807) is 6.20 Å². The summed E-state index contributed by atoms with van der Waals surface area (Å²) in [6.07, 6.45) is 8.67. The summed E-state index contributed by atoms with van der Waals surface area (Å²) in [6, 6.07) is 9.93. The molecule has 0 radical (unpaired) electrons. The molecule has 1 N–H and O–H groups in total. The van der Waals surface area contributed by atoms with Gasteiger partial charge >= 0.3 is 0 Å². The number of rotatable bonds is 4. The third kappa shape index (κ3) is 3.65. The molecule has 1 aliphatic rings. The highest BCUT2D eigenvalue weighted by atomic mass is 79.9. The number of anilines is 1. The lowest BCUT2D eigenvalue weighted by atomic mass is 9.94. The van der Waals surface area contributed by atoms with Gasteiger partial charge in [0, 0.05) is 16.5 Å². The van der Waals surface area contributed by atoms with Crippen molar-refractivity contribution in [3.05, 3.63) is 58.7 Å². The van der Waals surface area contributed by atoms with Crippen molar-refractivity contribution in [1.29, 1.82) is 0 Å². The van der Waals surface area contributed by atoms with E-state index in [0.29, 0.717) is 6.54 Å². The molecule has 1 atom stereocenters. The molecule has 0 saturated heterocycles. The van der Waals surface area contributed by atoms with Gasteiger partial charge in [0.1, 0.15) is 5.82 Å². The number of carbonyl (C=O) groups excluding carboxylic acids is 1. The number of carbonyl (C=O) groups is 1. The van der Waals surface area contributed by atoms with Crippen LogP contribution >= 0.6 is 15.9 Å². The Bertz CT molecular complexity index is 693. The fourth-order valence-corrected chi connectivity index (χ4v) is 3.08. The van der Waals surface area contributed by atoms with E-state index in [9.17, 15) is 4.79 Å². The lowest BCUT2D eigenvalue weighted by Crippen LogP contribution is -2.25. The molecule has 0 spiro atoms. The summed E-state index contributed by atoms with van der Waals surface area (Å²) in [5.74, 6) is 0.902. The van der Waals surface area contributed by atoms with Gasteiger partial charge in [0.25, 0.3) is 0 Å². The third-order valence-electron chi connectivity index (χ3n) is 3.83. The van der Waals surface area contributed by atoms with Crippen molar-refractivity contribution < 1.29 is 4.79 Å². The summed E-state index contributed by atoms with van der Waals surface area (Å²) in [6.45, 7) is 0.632. The highest BCUT2D eigenvalue weighted by molar-refractivity contribution is 9.10. The molecule has 3 rings (SSSR count). The SMILES string of the molecule is O=C(Nc1ccnn1Cc1cccc(Br)c1)[C@H]1CC=CCC1. The molecule has 4 nitrogen and oxygen atoms in total. The first-order valence-corrected chi connectivity index (χ1v) is 8.24. The molecular formula is C17H18BrN3O. The number of hydrogen-bond donors (Lipinski definition) is 1. The predicted octanol–water partition coefficient (Wildman–Crippen LogP) is 3.99. The van der Waals surface area contributed by atoms with E-state index in [0.717, 1.165) is 35.1 Å². The average Bonchev–Trinajstić information content (AvgIpc) is 2.95. The summed E-state index contributed by atoms with van der Waals surface area (Å²) < 4.78 is 2.86. The number of hydrogen-bond acceptors (Lipinski definition) is 2. The molecule has 0 saturated carbocycles. The van der Waals surface area contributed by atoms with Crippen LogP contribution in [0, 0.1) is 5.92 Å². The van der Waals surface area contributed by atoms with Crippen LogP contribution in [0.2, 0.25) is 0 Å². The van der Waals surface area contributed by atoms with Gasteiger partial charge in [0.2, 0.25) is 5.91 Å². The lowest BCUT2D eigenvalue weighted by Gasteiger charge is -2.17. The first kappa shape index (κ1) is 15.0. The normalized spacial score (nSPS) is 17.4. The smallest absolute Gasteiger partial charge is 0.228 e. The molecule has 114 valence electrons. The monoisotopic (exact) mass is 359 g/mol. The minimum atomic E-state index is 0.0687. The molecule has 1 aliphatic carbocycles. The van der Waals surface area contributed by atoms with E-state index < -0.39 is 0 Å². The quantitative estimate of drug-likeness (QED) is 0.839. The second-order valence-electron chi connectivity index (χ2n) is 5.47. The van der Waals surface area contributed by atoms with Gasteiger partial charge in [0.05, 0.1) is 12.7 Å². The average molecular weight is 360 g/mol. The Kier molecular flexibility index (Phi) is 4.73. The number of aromatic nitrogens is 2. The molecule has 2 aromatic rings. The standard InChI is InChI=1S/C17H18BrN3O/c18-15-8-4-5-13(11-15)12-21-16(9-10-19-21)20-17(22)14-6-2-1-3-7-14/h1-2,4-5,8-11,14H,3,6-7,12H2,(H,20,22)/t14-/m0/s1. The second-order valence-corrected chi connectivity index (χ2v) is 6.39. The van der Waals surface area contributed by atoms with Gasteiger partial charge in [0.15, 0.2) is 0 Å². The molecule has 1 aromatic heterocycles. The van der Waals surface area contributed by atoms with Gasteiger partial charge in [-0.25, -0.2) is 4.68 Å². The fraction of sp³-hybridized carbons (Fsp3) is 0.294. The topological polar surface area (TPSA) is 46.9 Å². The maximum atomic E-state index is 12.3. The molecule has 1 aromatic carbocycles. The molecular weight excluding hydrogens is 342 g/mol. The van der Waals surface area contributed by atoms with Crippen LogP contribution in [0.4, 0.5) is 5.82 Å². The Morgan fingerprint density at radius 3 is 3.05 bits per heavy atom. The van der Waals surface area contributed by atoms with Crippen LogP contribution in [0.1, 0.15) is 24.8 Å². The zero-order chi connectivity index (χ0) is 15.4. The van der Waals surface area contributed by atoms with Crippen LogP contribution in [0.3, 0.4) is 0 Å². The Hall–Kier alpha value is -1.88. The van der Waals surface area contributed by atoms with E-state index >= 15 is 0 Å². The van der Waals surface area contributed by atoms with Crippen LogP contribution in [0.15, 0.2) is 53.2 Å². The molecule has 0 bridgehead atoms. The predicted molar refractivity (Wildman–Crippen MR) is 90.6 cm³/mol. The van der Waals surface area contributed by atoms with Crippen molar-refractivity contribution in [2.75, 3.05) is 5.32 Å². The van der Waals surface area contributed by atoms with E-state index in [4.69, 9.17) is 0 Å². The first-order valence-electron chi connectivity index (χ1n) is 7.44. The zero-order valence-corrected chi connectivity index (χ0v) is 13.8. The van der Waals surface area contributed by atoms with Crippen molar-refractivity contribution >= 4 is 27.7 Å². The number of allylic oxidation sites excluding steroid dienone is 2. The largest absolute Gasteiger partial charge is 0.311 e. The third-order valence-corrected chi connectivity index (χ3v) is 4.32. The van der Waals surface area contributed by atoms with E-state index in [-0.39, 0.29) is 11.8 Å². The van der Waals surface area contributed by atoms with Crippen molar-refractivity contribution in [3.8, 4) is 0 Å². The van der Waals surface area contributed by atoms with E-state index in [1.807, 2.05) is 28.9 Å². The summed E-state index contributed by atoms with van der Waals surface area (Å²) in [7, 11) is 0. The Balaban J connectivity index is 1.69. The second kappa shape index (κ2) is 6.92. The van der Waals surface area contributed by atoms with E-state index in [1.165, 1.54) is 0 Å². The van der Waals surface area contributed by atoms with Crippen molar-refractivity contribution in [1.82, 2.24) is 9.78 Å². The Labute approximate surface area is 138 Å². The van der Waals surface area contributed by atoms with Gasteiger partial charge in [-0.2, -0.15) is 5.10 Å². The van der Waals surface area contributed by atoms with Gasteiger partial charge in [-0.15, -0.1) is 0 Å². The summed E-state index contributed by atoms with van der Waals surface area (Å²) in [5.41, 5.74) is 1.13. The van der Waals surface area contributed by atoms with Crippen LogP contribution in [0.25, 0.3) is 0 Å². The molecule has 0 unspecified atom stereocenters. The highest BCUT2D eigenvalue weighted by Gasteiger charge is 2.19. The van der Waals surface area contributed by atoms with Crippen molar-refractivity contribution in [2.45, 2.75) is 25.8 Å². The number of halogens is 1. The molecule has 1 heterocycles. The Morgan fingerprint density at radius 1 is 1.36 bits per heavy atom. The lowest BCUT2D eigenvalue weighted by molar-refractivity contribution is -0.120. The van der Waals surface area contributed by atoms with Crippen molar-refractivity contribution in [3.63, 3.8) is 0 Å². The number of amides is 1. The zero-order valence-electron chi connectivity index (χ0n) is 12.2. The number of benzene rings is 1. The highest BCUT2D eigenvalue weighted by Crippen LogP contribution is 2.21. The van der Waals surface area contributed by atoms with Crippen LogP contribution in [-0.4, -0.2) is 15.7 Å². The van der Waals surface area contributed by atoms with E-state index in [2.05, 4.69) is 44.6 Å². The summed E-state index contributed by atoms with van der Waals surface area (Å²) in [5, 5.41) is 7.32. The number of nitrogens with one attached hydrogen (secondary N) is 1. The number of nitrogens with zero attached hydrogens (tertiary/aromatic N) is 2. The van der Waals surface area contributed by atoms with Gasteiger partial charge < -0.3 is 5.32 Å². The minimum absolute atomic E-state index is 0.0687. The van der Waals surface area contributed by atoms with Crippen LogP contribution in [-0.2, 0) is 11.3 Å². The Morgan fingerprint density at radius 2 is 2.27 bits per heavy atom. The molecule has 1 amide bonds. The maximum absolute atomic E-state index is 12.3. The molecule has 0 aliphatic heterocycles. The maximum Gasteiger partial charge on any atom is 0.228 e. The summed E-state index contributed by atoms with van der Waals surface area (Å²) >= 11 is 3.47. The van der Waals surface area contributed by atoms with Gasteiger partial charge in [-0.1, -0.05) is 40.2 Å². The molecule has 5 heteroatoms. The first-order chi connectivity index (χ1) is 10.7.